The second-order valence-electron chi connectivity index (χ2n) is 5.48. The molecule has 1 aliphatic heterocycles. The summed E-state index contributed by atoms with van der Waals surface area (Å²) in [6, 6.07) is 7.79. The third kappa shape index (κ3) is 5.25. The van der Waals surface area contributed by atoms with Crippen LogP contribution >= 0.6 is 24.0 Å². The number of benzene rings is 1. The van der Waals surface area contributed by atoms with Gasteiger partial charge < -0.3 is 20.1 Å². The maximum atomic E-state index is 5.73. The van der Waals surface area contributed by atoms with Crippen molar-refractivity contribution in [3.63, 3.8) is 0 Å². The van der Waals surface area contributed by atoms with E-state index in [1.807, 2.05) is 42.9 Å². The summed E-state index contributed by atoms with van der Waals surface area (Å²) in [6.07, 6.45) is 2.67. The molecule has 0 radical (unpaired) electrons. The summed E-state index contributed by atoms with van der Waals surface area (Å²) < 4.78 is 13.2. The Labute approximate surface area is 164 Å². The van der Waals surface area contributed by atoms with Crippen molar-refractivity contribution in [3.05, 3.63) is 36.2 Å². The van der Waals surface area contributed by atoms with E-state index in [1.165, 1.54) is 0 Å². The topological polar surface area (TPSA) is 72.7 Å². The van der Waals surface area contributed by atoms with Crippen LogP contribution in [0.2, 0.25) is 0 Å². The van der Waals surface area contributed by atoms with Crippen LogP contribution in [0, 0.1) is 0 Å². The quantitative estimate of drug-likeness (QED) is 0.420. The summed E-state index contributed by atoms with van der Waals surface area (Å²) in [7, 11) is 1.91. The van der Waals surface area contributed by atoms with Crippen molar-refractivity contribution in [1.29, 1.82) is 0 Å². The lowest BCUT2D eigenvalue weighted by molar-refractivity contribution is 0.297. The first-order valence-electron chi connectivity index (χ1n) is 8.18. The van der Waals surface area contributed by atoms with Crippen molar-refractivity contribution in [2.24, 2.45) is 12.0 Å². The summed E-state index contributed by atoms with van der Waals surface area (Å²) in [5, 5.41) is 10.7. The number of halogens is 1. The minimum atomic E-state index is 0. The lowest BCUT2D eigenvalue weighted by Gasteiger charge is -2.13. The molecule has 0 bridgehead atoms. The molecule has 0 atom stereocenters. The Morgan fingerprint density at radius 1 is 1.24 bits per heavy atom. The van der Waals surface area contributed by atoms with Crippen molar-refractivity contribution in [2.45, 2.75) is 19.9 Å². The lowest BCUT2D eigenvalue weighted by atomic mass is 10.3. The number of guanidine groups is 1. The Balaban J connectivity index is 0.00000225. The van der Waals surface area contributed by atoms with Gasteiger partial charge in [0.2, 0.25) is 0 Å². The first-order valence-corrected chi connectivity index (χ1v) is 8.18. The molecular weight excluding hydrogens is 433 g/mol. The highest BCUT2D eigenvalue weighted by molar-refractivity contribution is 14.0. The van der Waals surface area contributed by atoms with Crippen LogP contribution in [0.4, 0.5) is 5.69 Å². The highest BCUT2D eigenvalue weighted by Gasteiger charge is 2.11. The minimum absolute atomic E-state index is 0. The van der Waals surface area contributed by atoms with Crippen molar-refractivity contribution >= 4 is 35.6 Å². The van der Waals surface area contributed by atoms with Gasteiger partial charge >= 0.3 is 0 Å². The number of aromatic nitrogens is 2. The van der Waals surface area contributed by atoms with Crippen LogP contribution in [0.5, 0.6) is 11.5 Å². The van der Waals surface area contributed by atoms with E-state index in [0.717, 1.165) is 35.8 Å². The van der Waals surface area contributed by atoms with Gasteiger partial charge in [-0.15, -0.1) is 24.0 Å². The van der Waals surface area contributed by atoms with Crippen molar-refractivity contribution in [1.82, 2.24) is 15.1 Å². The van der Waals surface area contributed by atoms with Crippen LogP contribution in [-0.4, -0.2) is 35.5 Å². The molecule has 1 aliphatic rings. The van der Waals surface area contributed by atoms with Gasteiger partial charge in [0.1, 0.15) is 0 Å². The van der Waals surface area contributed by atoms with Crippen molar-refractivity contribution in [3.8, 4) is 11.5 Å². The van der Waals surface area contributed by atoms with Gasteiger partial charge in [-0.3, -0.25) is 4.68 Å². The van der Waals surface area contributed by atoms with Crippen LogP contribution in [0.25, 0.3) is 0 Å². The molecule has 0 amide bonds. The molecule has 8 heteroatoms. The molecule has 136 valence electrons. The molecular formula is C17H24IN5O2. The SMILES string of the molecule is CCNC(=NCc1ccnn1C)Nc1ccc2c(c1)OCCCO2.I. The Kier molecular flexibility index (Phi) is 7.35. The average Bonchev–Trinajstić information content (AvgIpc) is 2.85. The van der Waals surface area contributed by atoms with Gasteiger partial charge in [0.25, 0.3) is 0 Å². The fraction of sp³-hybridized carbons (Fsp3) is 0.412. The molecule has 2 aromatic rings. The number of anilines is 1. The molecule has 3 rings (SSSR count). The zero-order valence-corrected chi connectivity index (χ0v) is 16.8. The predicted octanol–water partition coefficient (Wildman–Crippen LogP) is 2.78. The summed E-state index contributed by atoms with van der Waals surface area (Å²) >= 11 is 0. The zero-order valence-electron chi connectivity index (χ0n) is 14.5. The third-order valence-electron chi connectivity index (χ3n) is 3.68. The highest BCUT2D eigenvalue weighted by Crippen LogP contribution is 2.32. The van der Waals surface area contributed by atoms with Gasteiger partial charge in [0, 0.05) is 38.0 Å². The Hall–Kier alpha value is -1.97. The van der Waals surface area contributed by atoms with Gasteiger partial charge in [0.15, 0.2) is 17.5 Å². The van der Waals surface area contributed by atoms with Gasteiger partial charge in [-0.05, 0) is 25.1 Å². The number of ether oxygens (including phenoxy) is 2. The summed E-state index contributed by atoms with van der Waals surface area (Å²) in [5.74, 6) is 2.27. The van der Waals surface area contributed by atoms with E-state index in [4.69, 9.17) is 9.47 Å². The Bertz CT molecular complexity index is 717. The number of hydrogen-bond donors (Lipinski definition) is 2. The smallest absolute Gasteiger partial charge is 0.196 e. The summed E-state index contributed by atoms with van der Waals surface area (Å²) in [4.78, 5) is 4.60. The molecule has 0 fully saturated rings. The molecule has 2 N–H and O–H groups in total. The molecule has 2 heterocycles. The first-order chi connectivity index (χ1) is 11.8. The number of aliphatic imine (C=N–C) groups is 1. The van der Waals surface area contributed by atoms with Gasteiger partial charge in [0.05, 0.1) is 25.5 Å². The molecule has 0 spiro atoms. The standard InChI is InChI=1S/C17H23N5O2.HI/c1-3-18-17(19-12-14-7-8-20-22(14)2)21-13-5-6-15-16(11-13)24-10-4-9-23-15;/h5-8,11H,3-4,9-10,12H2,1-2H3,(H2,18,19,21);1H. The number of hydrogen-bond acceptors (Lipinski definition) is 4. The molecule has 7 nitrogen and oxygen atoms in total. The monoisotopic (exact) mass is 457 g/mol. The second kappa shape index (κ2) is 9.50. The van der Waals surface area contributed by atoms with Gasteiger partial charge in [-0.1, -0.05) is 0 Å². The molecule has 0 aliphatic carbocycles. The summed E-state index contributed by atoms with van der Waals surface area (Å²) in [5.41, 5.74) is 1.95. The number of fused-ring (bicyclic) bond motifs is 1. The highest BCUT2D eigenvalue weighted by atomic mass is 127. The maximum absolute atomic E-state index is 5.73. The predicted molar refractivity (Wildman–Crippen MR) is 109 cm³/mol. The van der Waals surface area contributed by atoms with Gasteiger partial charge in [-0.2, -0.15) is 5.10 Å². The van der Waals surface area contributed by atoms with E-state index in [2.05, 4.69) is 20.7 Å². The fourth-order valence-electron chi connectivity index (χ4n) is 2.40. The van der Waals surface area contributed by atoms with E-state index in [0.29, 0.717) is 25.7 Å². The fourth-order valence-corrected chi connectivity index (χ4v) is 2.40. The van der Waals surface area contributed by atoms with E-state index in [9.17, 15) is 0 Å². The van der Waals surface area contributed by atoms with E-state index < -0.39 is 0 Å². The molecule has 1 aromatic carbocycles. The van der Waals surface area contributed by atoms with Crippen molar-refractivity contribution < 1.29 is 9.47 Å². The van der Waals surface area contributed by atoms with Crippen LogP contribution in [0.3, 0.4) is 0 Å². The largest absolute Gasteiger partial charge is 0.490 e. The normalized spacial score (nSPS) is 13.6. The first kappa shape index (κ1) is 19.4. The average molecular weight is 457 g/mol. The molecule has 0 unspecified atom stereocenters. The van der Waals surface area contributed by atoms with E-state index in [-0.39, 0.29) is 24.0 Å². The molecule has 0 saturated carbocycles. The third-order valence-corrected chi connectivity index (χ3v) is 3.68. The van der Waals surface area contributed by atoms with Crippen LogP contribution in [0.1, 0.15) is 19.0 Å². The van der Waals surface area contributed by atoms with E-state index >= 15 is 0 Å². The number of nitrogens with one attached hydrogen (secondary N) is 2. The molecule has 0 saturated heterocycles. The minimum Gasteiger partial charge on any atom is -0.490 e. The molecule has 25 heavy (non-hydrogen) atoms. The van der Waals surface area contributed by atoms with Crippen molar-refractivity contribution in [2.75, 3.05) is 25.1 Å². The number of rotatable bonds is 4. The Morgan fingerprint density at radius 2 is 2.04 bits per heavy atom. The number of aryl methyl sites for hydroxylation is 1. The summed E-state index contributed by atoms with van der Waals surface area (Å²) in [6.45, 7) is 4.73. The number of nitrogens with zero attached hydrogens (tertiary/aromatic N) is 3. The lowest BCUT2D eigenvalue weighted by Crippen LogP contribution is -2.30. The van der Waals surface area contributed by atoms with Crippen LogP contribution in [-0.2, 0) is 13.6 Å². The van der Waals surface area contributed by atoms with E-state index in [1.54, 1.807) is 6.20 Å². The van der Waals surface area contributed by atoms with Gasteiger partial charge in [-0.25, -0.2) is 4.99 Å². The second-order valence-corrected chi connectivity index (χ2v) is 5.48. The molecule has 1 aromatic heterocycles. The Morgan fingerprint density at radius 3 is 2.76 bits per heavy atom. The van der Waals surface area contributed by atoms with Crippen LogP contribution in [0.15, 0.2) is 35.5 Å². The zero-order chi connectivity index (χ0) is 16.8. The maximum Gasteiger partial charge on any atom is 0.196 e. The van der Waals surface area contributed by atoms with Crippen LogP contribution < -0.4 is 20.1 Å².